The number of carbonyl (C=O) groups excluding carboxylic acids is 2. The molecule has 0 radical (unpaired) electrons. The van der Waals surface area contributed by atoms with E-state index in [1.54, 1.807) is 6.07 Å². The standard InChI is InChI=1S/C24H36BrFO4/c1-2-3-4-9-12-17-29-23(27)13-10-7-5-6-8-11-14-24(28)30-19-20-18-21(26)15-16-22(20)25/h15-16,18H,2-14,17,19H2,1H3. The molecule has 0 saturated carbocycles. The summed E-state index contributed by atoms with van der Waals surface area (Å²) < 4.78 is 24.4. The summed E-state index contributed by atoms with van der Waals surface area (Å²) in [6.07, 6.45) is 12.4. The zero-order valence-electron chi connectivity index (χ0n) is 18.2. The summed E-state index contributed by atoms with van der Waals surface area (Å²) in [5, 5.41) is 0. The Hall–Kier alpha value is -1.43. The summed E-state index contributed by atoms with van der Waals surface area (Å²) in [5.41, 5.74) is 0.623. The summed E-state index contributed by atoms with van der Waals surface area (Å²) in [6, 6.07) is 4.32. The van der Waals surface area contributed by atoms with E-state index in [9.17, 15) is 14.0 Å². The molecule has 1 rings (SSSR count). The Morgan fingerprint density at radius 1 is 0.833 bits per heavy atom. The van der Waals surface area contributed by atoms with Gasteiger partial charge in [0.15, 0.2) is 0 Å². The molecule has 0 unspecified atom stereocenters. The monoisotopic (exact) mass is 486 g/mol. The van der Waals surface area contributed by atoms with Crippen molar-refractivity contribution in [2.75, 3.05) is 6.61 Å². The van der Waals surface area contributed by atoms with Gasteiger partial charge < -0.3 is 9.47 Å². The molecule has 170 valence electrons. The molecule has 0 N–H and O–H groups in total. The van der Waals surface area contributed by atoms with Gasteiger partial charge in [-0.3, -0.25) is 9.59 Å². The van der Waals surface area contributed by atoms with Crippen molar-refractivity contribution in [2.24, 2.45) is 0 Å². The molecule has 0 aliphatic carbocycles. The van der Waals surface area contributed by atoms with Crippen molar-refractivity contribution in [3.8, 4) is 0 Å². The first-order chi connectivity index (χ1) is 14.5. The predicted octanol–water partition coefficient (Wildman–Crippen LogP) is 7.27. The van der Waals surface area contributed by atoms with E-state index < -0.39 is 0 Å². The van der Waals surface area contributed by atoms with Crippen molar-refractivity contribution in [1.29, 1.82) is 0 Å². The van der Waals surface area contributed by atoms with Gasteiger partial charge in [-0.15, -0.1) is 0 Å². The number of carbonyl (C=O) groups is 2. The van der Waals surface area contributed by atoms with E-state index >= 15 is 0 Å². The van der Waals surface area contributed by atoms with Crippen LogP contribution in [0.25, 0.3) is 0 Å². The molecule has 4 nitrogen and oxygen atoms in total. The molecule has 0 bridgehead atoms. The van der Waals surface area contributed by atoms with E-state index in [1.165, 1.54) is 31.4 Å². The molecule has 6 heteroatoms. The Balaban J connectivity index is 1.92. The van der Waals surface area contributed by atoms with Crippen LogP contribution in [0.2, 0.25) is 0 Å². The number of hydrogen-bond donors (Lipinski definition) is 0. The lowest BCUT2D eigenvalue weighted by molar-refractivity contribution is -0.145. The lowest BCUT2D eigenvalue weighted by atomic mass is 10.1. The molecule has 1 aromatic carbocycles. The highest BCUT2D eigenvalue weighted by Gasteiger charge is 2.07. The van der Waals surface area contributed by atoms with Crippen LogP contribution < -0.4 is 0 Å². The Bertz CT molecular complexity index is 621. The largest absolute Gasteiger partial charge is 0.466 e. The second-order valence-corrected chi connectivity index (χ2v) is 8.51. The van der Waals surface area contributed by atoms with Gasteiger partial charge in [-0.05, 0) is 37.5 Å². The van der Waals surface area contributed by atoms with Crippen molar-refractivity contribution < 1.29 is 23.5 Å². The Kier molecular flexibility index (Phi) is 15.3. The fraction of sp³-hybridized carbons (Fsp3) is 0.667. The molecular weight excluding hydrogens is 451 g/mol. The van der Waals surface area contributed by atoms with Gasteiger partial charge >= 0.3 is 11.9 Å². The molecule has 0 aromatic heterocycles. The third-order valence-corrected chi connectivity index (χ3v) is 5.69. The third kappa shape index (κ3) is 13.7. The average Bonchev–Trinajstić information content (AvgIpc) is 2.73. The first kappa shape index (κ1) is 26.6. The average molecular weight is 487 g/mol. The van der Waals surface area contributed by atoms with Gasteiger partial charge in [-0.25, -0.2) is 4.39 Å². The number of halogens is 2. The molecule has 30 heavy (non-hydrogen) atoms. The van der Waals surface area contributed by atoms with Gasteiger partial charge in [-0.2, -0.15) is 0 Å². The minimum absolute atomic E-state index is 0.0754. The lowest BCUT2D eigenvalue weighted by Crippen LogP contribution is -2.05. The van der Waals surface area contributed by atoms with Gasteiger partial charge in [0, 0.05) is 22.9 Å². The van der Waals surface area contributed by atoms with Crippen LogP contribution in [0.4, 0.5) is 4.39 Å². The van der Waals surface area contributed by atoms with Crippen molar-refractivity contribution >= 4 is 27.9 Å². The fourth-order valence-electron chi connectivity index (χ4n) is 3.09. The van der Waals surface area contributed by atoms with Gasteiger partial charge in [0.1, 0.15) is 12.4 Å². The lowest BCUT2D eigenvalue weighted by Gasteiger charge is -2.07. The Morgan fingerprint density at radius 3 is 2.07 bits per heavy atom. The Labute approximate surface area is 189 Å². The third-order valence-electron chi connectivity index (χ3n) is 4.92. The quantitative estimate of drug-likeness (QED) is 0.171. The molecule has 0 aliphatic rings. The van der Waals surface area contributed by atoms with Crippen molar-refractivity contribution in [2.45, 2.75) is 97.0 Å². The van der Waals surface area contributed by atoms with E-state index in [4.69, 9.17) is 9.47 Å². The Morgan fingerprint density at radius 2 is 1.40 bits per heavy atom. The van der Waals surface area contributed by atoms with Crippen LogP contribution in [-0.2, 0) is 25.7 Å². The smallest absolute Gasteiger partial charge is 0.306 e. The maximum atomic E-state index is 13.2. The molecular formula is C24H36BrFO4. The molecule has 0 amide bonds. The molecule has 1 aromatic rings. The van der Waals surface area contributed by atoms with E-state index in [1.807, 2.05) is 0 Å². The number of unbranched alkanes of at least 4 members (excludes halogenated alkanes) is 9. The van der Waals surface area contributed by atoms with Crippen LogP contribution in [0.3, 0.4) is 0 Å². The molecule has 0 saturated heterocycles. The maximum absolute atomic E-state index is 13.2. The summed E-state index contributed by atoms with van der Waals surface area (Å²) in [6.45, 7) is 2.81. The van der Waals surface area contributed by atoms with Gasteiger partial charge in [0.2, 0.25) is 0 Å². The molecule has 0 heterocycles. The topological polar surface area (TPSA) is 52.6 Å². The van der Waals surface area contributed by atoms with Gasteiger partial charge in [0.25, 0.3) is 0 Å². The second kappa shape index (κ2) is 17.3. The van der Waals surface area contributed by atoms with Crippen LogP contribution in [0.1, 0.15) is 96.0 Å². The minimum atomic E-state index is -0.347. The van der Waals surface area contributed by atoms with Crippen molar-refractivity contribution in [1.82, 2.24) is 0 Å². The van der Waals surface area contributed by atoms with E-state index in [-0.39, 0.29) is 24.4 Å². The highest BCUT2D eigenvalue weighted by Crippen LogP contribution is 2.19. The van der Waals surface area contributed by atoms with Crippen LogP contribution in [-0.4, -0.2) is 18.5 Å². The maximum Gasteiger partial charge on any atom is 0.306 e. The molecule has 0 aliphatic heterocycles. The highest BCUT2D eigenvalue weighted by molar-refractivity contribution is 9.10. The van der Waals surface area contributed by atoms with Crippen LogP contribution in [0.15, 0.2) is 22.7 Å². The van der Waals surface area contributed by atoms with E-state index in [0.29, 0.717) is 25.0 Å². The van der Waals surface area contributed by atoms with Gasteiger partial charge in [-0.1, -0.05) is 74.2 Å². The van der Waals surface area contributed by atoms with E-state index in [0.717, 1.165) is 55.8 Å². The number of esters is 2. The molecule has 0 atom stereocenters. The first-order valence-corrected chi connectivity index (χ1v) is 12.1. The minimum Gasteiger partial charge on any atom is -0.466 e. The number of rotatable bonds is 17. The highest BCUT2D eigenvalue weighted by atomic mass is 79.9. The number of hydrogen-bond acceptors (Lipinski definition) is 4. The summed E-state index contributed by atoms with van der Waals surface area (Å²) in [5.74, 6) is -0.693. The predicted molar refractivity (Wildman–Crippen MR) is 121 cm³/mol. The van der Waals surface area contributed by atoms with Crippen LogP contribution in [0, 0.1) is 5.82 Å². The number of ether oxygens (including phenoxy) is 2. The summed E-state index contributed by atoms with van der Waals surface area (Å²) >= 11 is 3.32. The zero-order valence-corrected chi connectivity index (χ0v) is 19.8. The van der Waals surface area contributed by atoms with Crippen LogP contribution in [0.5, 0.6) is 0 Å². The SMILES string of the molecule is CCCCCCCOC(=O)CCCCCCCCC(=O)OCc1cc(F)ccc1Br. The van der Waals surface area contributed by atoms with Gasteiger partial charge in [0.05, 0.1) is 6.61 Å². The number of benzene rings is 1. The second-order valence-electron chi connectivity index (χ2n) is 7.65. The molecule has 0 spiro atoms. The fourth-order valence-corrected chi connectivity index (χ4v) is 3.45. The summed E-state index contributed by atoms with van der Waals surface area (Å²) in [7, 11) is 0. The zero-order chi connectivity index (χ0) is 22.0. The first-order valence-electron chi connectivity index (χ1n) is 11.3. The van der Waals surface area contributed by atoms with E-state index in [2.05, 4.69) is 22.9 Å². The van der Waals surface area contributed by atoms with Crippen molar-refractivity contribution in [3.05, 3.63) is 34.1 Å². The van der Waals surface area contributed by atoms with Crippen molar-refractivity contribution in [3.63, 3.8) is 0 Å². The summed E-state index contributed by atoms with van der Waals surface area (Å²) in [4.78, 5) is 23.4. The molecule has 0 fully saturated rings. The normalized spacial score (nSPS) is 10.8. The van der Waals surface area contributed by atoms with Crippen LogP contribution >= 0.6 is 15.9 Å².